The van der Waals surface area contributed by atoms with E-state index < -0.39 is 22.0 Å². The Morgan fingerprint density at radius 3 is 2.37 bits per heavy atom. The van der Waals surface area contributed by atoms with E-state index in [4.69, 9.17) is 0 Å². The van der Waals surface area contributed by atoms with E-state index in [9.17, 15) is 18.3 Å². The van der Waals surface area contributed by atoms with Crippen LogP contribution in [0.1, 0.15) is 16.7 Å². The molecule has 0 aromatic heterocycles. The summed E-state index contributed by atoms with van der Waals surface area (Å²) in [5.74, 6) is -1.20. The third-order valence-electron chi connectivity index (χ3n) is 5.00. The van der Waals surface area contributed by atoms with E-state index in [0.29, 0.717) is 5.39 Å². The van der Waals surface area contributed by atoms with Gasteiger partial charge in [-0.3, -0.25) is 4.79 Å². The van der Waals surface area contributed by atoms with E-state index in [-0.39, 0.29) is 11.3 Å². The molecule has 0 aliphatic heterocycles. The monoisotopic (exact) mass is 381 g/mol. The van der Waals surface area contributed by atoms with Crippen molar-refractivity contribution in [1.82, 2.24) is 4.72 Å². The molecule has 0 saturated carbocycles. The Balaban J connectivity index is 1.71. The molecule has 1 unspecified atom stereocenters. The zero-order chi connectivity index (χ0) is 19.0. The first kappa shape index (κ1) is 17.7. The van der Waals surface area contributed by atoms with E-state index in [1.165, 1.54) is 0 Å². The molecule has 0 amide bonds. The van der Waals surface area contributed by atoms with Gasteiger partial charge >= 0.3 is 5.97 Å². The zero-order valence-electron chi connectivity index (χ0n) is 14.6. The number of nitrogens with one attached hydrogen (secondary N) is 1. The van der Waals surface area contributed by atoms with Crippen LogP contribution in [0.2, 0.25) is 0 Å². The number of carboxylic acid groups (broad SMARTS) is 1. The molecule has 1 atom stereocenters. The van der Waals surface area contributed by atoms with Crippen LogP contribution < -0.4 is 4.72 Å². The number of rotatable bonds is 6. The van der Waals surface area contributed by atoms with Crippen LogP contribution in [-0.2, 0) is 34.1 Å². The maximum absolute atomic E-state index is 13.0. The first-order chi connectivity index (χ1) is 13.0. The van der Waals surface area contributed by atoms with Crippen LogP contribution in [0.15, 0.2) is 65.6 Å². The predicted octanol–water partition coefficient (Wildman–Crippen LogP) is 2.91. The first-order valence-electron chi connectivity index (χ1n) is 8.78. The van der Waals surface area contributed by atoms with Gasteiger partial charge in [0.25, 0.3) is 0 Å². The maximum atomic E-state index is 13.0. The van der Waals surface area contributed by atoms with Gasteiger partial charge in [0.15, 0.2) is 0 Å². The molecule has 4 rings (SSSR count). The van der Waals surface area contributed by atoms with E-state index in [0.717, 1.165) is 34.9 Å². The summed E-state index contributed by atoms with van der Waals surface area (Å²) >= 11 is 0. The number of aliphatic carboxylic acids is 1. The summed E-state index contributed by atoms with van der Waals surface area (Å²) in [5.41, 5.74) is 3.03. The fourth-order valence-electron chi connectivity index (χ4n) is 3.73. The van der Waals surface area contributed by atoms with Crippen LogP contribution in [0.25, 0.3) is 10.8 Å². The van der Waals surface area contributed by atoms with E-state index in [1.54, 1.807) is 36.4 Å². The number of benzene rings is 3. The average molecular weight is 381 g/mol. The summed E-state index contributed by atoms with van der Waals surface area (Å²) in [6, 6.07) is 16.8. The fourth-order valence-corrected chi connectivity index (χ4v) is 5.13. The summed E-state index contributed by atoms with van der Waals surface area (Å²) in [6.45, 7) is 0. The molecule has 0 bridgehead atoms. The van der Waals surface area contributed by atoms with Crippen molar-refractivity contribution >= 4 is 26.8 Å². The molecule has 0 fully saturated rings. The SMILES string of the molecule is O=C(O)C(Cc1ccccc1)NS(=O)(=O)c1ccc2c3c(cccc13)CC2. The molecule has 3 aromatic rings. The molecule has 0 heterocycles. The summed E-state index contributed by atoms with van der Waals surface area (Å²) in [7, 11) is -3.99. The highest BCUT2D eigenvalue weighted by molar-refractivity contribution is 7.89. The van der Waals surface area contributed by atoms with Gasteiger partial charge in [-0.05, 0) is 47.4 Å². The second kappa shape index (κ2) is 6.79. The molecule has 6 heteroatoms. The van der Waals surface area contributed by atoms with Gasteiger partial charge in [0.05, 0.1) is 4.90 Å². The molecule has 1 aliphatic rings. The number of carboxylic acids is 1. The minimum absolute atomic E-state index is 0.0800. The lowest BCUT2D eigenvalue weighted by Crippen LogP contribution is -2.42. The van der Waals surface area contributed by atoms with Gasteiger partial charge in [0.1, 0.15) is 6.04 Å². The van der Waals surface area contributed by atoms with Gasteiger partial charge in [0, 0.05) is 5.39 Å². The normalized spacial score (nSPS) is 14.4. The van der Waals surface area contributed by atoms with Crippen molar-refractivity contribution in [2.45, 2.75) is 30.2 Å². The van der Waals surface area contributed by atoms with Crippen LogP contribution in [0.5, 0.6) is 0 Å². The molecular formula is C21H19NO4S. The molecule has 2 N–H and O–H groups in total. The molecule has 27 heavy (non-hydrogen) atoms. The average Bonchev–Trinajstić information content (AvgIpc) is 3.07. The first-order valence-corrected chi connectivity index (χ1v) is 10.3. The number of hydrogen-bond donors (Lipinski definition) is 2. The molecule has 3 aromatic carbocycles. The van der Waals surface area contributed by atoms with Crippen LogP contribution >= 0.6 is 0 Å². The lowest BCUT2D eigenvalue weighted by Gasteiger charge is -2.16. The maximum Gasteiger partial charge on any atom is 0.322 e. The van der Waals surface area contributed by atoms with Gasteiger partial charge in [-0.1, -0.05) is 54.6 Å². The van der Waals surface area contributed by atoms with E-state index in [1.807, 2.05) is 24.3 Å². The van der Waals surface area contributed by atoms with Crippen LogP contribution in [-0.4, -0.2) is 25.5 Å². The zero-order valence-corrected chi connectivity index (χ0v) is 15.4. The van der Waals surface area contributed by atoms with Crippen LogP contribution in [0, 0.1) is 0 Å². The van der Waals surface area contributed by atoms with Crippen molar-refractivity contribution in [3.05, 3.63) is 77.4 Å². The largest absolute Gasteiger partial charge is 0.480 e. The number of sulfonamides is 1. The molecule has 0 spiro atoms. The topological polar surface area (TPSA) is 83.5 Å². The third kappa shape index (κ3) is 3.34. The van der Waals surface area contributed by atoms with Crippen LogP contribution in [0.3, 0.4) is 0 Å². The Labute approximate surface area is 157 Å². The molecule has 5 nitrogen and oxygen atoms in total. The lowest BCUT2D eigenvalue weighted by atomic mass is 10.1. The summed E-state index contributed by atoms with van der Waals surface area (Å²) < 4.78 is 28.4. The highest BCUT2D eigenvalue weighted by Gasteiger charge is 2.28. The Morgan fingerprint density at radius 2 is 1.67 bits per heavy atom. The second-order valence-electron chi connectivity index (χ2n) is 6.76. The van der Waals surface area contributed by atoms with Gasteiger partial charge in [-0.2, -0.15) is 4.72 Å². The van der Waals surface area contributed by atoms with Crippen molar-refractivity contribution in [3.8, 4) is 0 Å². The van der Waals surface area contributed by atoms with Gasteiger partial charge in [-0.25, -0.2) is 8.42 Å². The molecular weight excluding hydrogens is 362 g/mol. The van der Waals surface area contributed by atoms with Crippen molar-refractivity contribution in [3.63, 3.8) is 0 Å². The smallest absolute Gasteiger partial charge is 0.322 e. The van der Waals surface area contributed by atoms with E-state index >= 15 is 0 Å². The molecule has 0 saturated heterocycles. The summed E-state index contributed by atoms with van der Waals surface area (Å²) in [6.07, 6.45) is 1.88. The minimum Gasteiger partial charge on any atom is -0.480 e. The number of aryl methyl sites for hydroxylation is 2. The lowest BCUT2D eigenvalue weighted by molar-refractivity contribution is -0.138. The van der Waals surface area contributed by atoms with Crippen molar-refractivity contribution < 1.29 is 18.3 Å². The molecule has 138 valence electrons. The standard InChI is InChI=1S/C21H19NO4S/c23-21(24)18(13-14-5-2-1-3-6-14)22-27(25,26)19-12-11-16-10-9-15-7-4-8-17(19)20(15)16/h1-8,11-12,18,22H,9-10,13H2,(H,23,24). The van der Waals surface area contributed by atoms with Crippen molar-refractivity contribution in [2.24, 2.45) is 0 Å². The highest BCUT2D eigenvalue weighted by Crippen LogP contribution is 2.34. The Bertz CT molecular complexity index is 1110. The number of carbonyl (C=O) groups is 1. The highest BCUT2D eigenvalue weighted by atomic mass is 32.2. The Kier molecular flexibility index (Phi) is 4.45. The summed E-state index contributed by atoms with van der Waals surface area (Å²) in [4.78, 5) is 11.8. The fraction of sp³-hybridized carbons (Fsp3) is 0.190. The Morgan fingerprint density at radius 1 is 0.963 bits per heavy atom. The van der Waals surface area contributed by atoms with Crippen molar-refractivity contribution in [1.29, 1.82) is 0 Å². The molecule has 1 aliphatic carbocycles. The predicted molar refractivity (Wildman–Crippen MR) is 103 cm³/mol. The molecule has 0 radical (unpaired) electrons. The Hall–Kier alpha value is -2.70. The third-order valence-corrected chi connectivity index (χ3v) is 6.53. The van der Waals surface area contributed by atoms with Gasteiger partial charge in [0.2, 0.25) is 10.0 Å². The van der Waals surface area contributed by atoms with Gasteiger partial charge in [-0.15, -0.1) is 0 Å². The number of hydrogen-bond acceptors (Lipinski definition) is 3. The van der Waals surface area contributed by atoms with Crippen LogP contribution in [0.4, 0.5) is 0 Å². The van der Waals surface area contributed by atoms with E-state index in [2.05, 4.69) is 4.72 Å². The summed E-state index contributed by atoms with van der Waals surface area (Å²) in [5, 5.41) is 11.2. The van der Waals surface area contributed by atoms with Gasteiger partial charge < -0.3 is 5.11 Å². The minimum atomic E-state index is -3.99. The second-order valence-corrected chi connectivity index (χ2v) is 8.45. The van der Waals surface area contributed by atoms with Crippen molar-refractivity contribution in [2.75, 3.05) is 0 Å². The quantitative estimate of drug-likeness (QED) is 0.688.